The fourth-order valence-electron chi connectivity index (χ4n) is 2.82. The first-order valence-electron chi connectivity index (χ1n) is 6.83. The Balaban J connectivity index is 1.62. The number of hydrogen-bond acceptors (Lipinski definition) is 6. The molecular weight excluding hydrogens is 276 g/mol. The van der Waals surface area contributed by atoms with Gasteiger partial charge in [-0.15, -0.1) is 0 Å². The van der Waals surface area contributed by atoms with Crippen molar-refractivity contribution in [2.75, 3.05) is 36.5 Å². The van der Waals surface area contributed by atoms with Crippen LogP contribution in [0.2, 0.25) is 0 Å². The summed E-state index contributed by atoms with van der Waals surface area (Å²) in [5, 5.41) is 5.85. The number of carbonyl (C=O) groups excluding carboxylic acids is 2. The van der Waals surface area contributed by atoms with Gasteiger partial charge >= 0.3 is 6.09 Å². The van der Waals surface area contributed by atoms with E-state index in [4.69, 9.17) is 9.47 Å². The van der Waals surface area contributed by atoms with E-state index in [0.29, 0.717) is 30.5 Å². The molecule has 2 saturated heterocycles. The number of carbonyl (C=O) groups is 2. The zero-order valence-electron chi connectivity index (χ0n) is 11.2. The van der Waals surface area contributed by atoms with Crippen molar-refractivity contribution in [2.45, 2.75) is 6.10 Å². The lowest BCUT2D eigenvalue weighted by atomic mass is 10.0. The first-order valence-corrected chi connectivity index (χ1v) is 6.83. The number of pyridine rings is 1. The topological polar surface area (TPSA) is 92.8 Å². The smallest absolute Gasteiger partial charge is 0.415 e. The van der Waals surface area contributed by atoms with Crippen LogP contribution in [0.1, 0.15) is 0 Å². The van der Waals surface area contributed by atoms with Crippen molar-refractivity contribution < 1.29 is 19.1 Å². The summed E-state index contributed by atoms with van der Waals surface area (Å²) in [4.78, 5) is 29.2. The zero-order valence-corrected chi connectivity index (χ0v) is 11.2. The van der Waals surface area contributed by atoms with E-state index in [1.54, 1.807) is 12.1 Å². The molecule has 0 saturated carbocycles. The van der Waals surface area contributed by atoms with Gasteiger partial charge in [0.15, 0.2) is 18.2 Å². The average Bonchev–Trinajstić information content (AvgIpc) is 2.92. The Labute approximate surface area is 120 Å². The lowest BCUT2D eigenvalue weighted by molar-refractivity contribution is -0.118. The Morgan fingerprint density at radius 2 is 2.19 bits per heavy atom. The Morgan fingerprint density at radius 1 is 1.29 bits per heavy atom. The molecule has 1 aromatic heterocycles. The van der Waals surface area contributed by atoms with Gasteiger partial charge in [-0.3, -0.25) is 9.69 Å². The summed E-state index contributed by atoms with van der Waals surface area (Å²) in [6.07, 6.45) is -0.468. The molecular formula is C13H14N4O4. The second-order valence-corrected chi connectivity index (χ2v) is 5.30. The molecule has 0 unspecified atom stereocenters. The van der Waals surface area contributed by atoms with Crippen molar-refractivity contribution in [3.63, 3.8) is 0 Å². The lowest BCUT2D eigenvalue weighted by Crippen LogP contribution is -2.48. The molecule has 3 aliphatic rings. The third-order valence-corrected chi connectivity index (χ3v) is 3.90. The predicted molar refractivity (Wildman–Crippen MR) is 72.3 cm³/mol. The first kappa shape index (κ1) is 12.4. The molecule has 8 nitrogen and oxygen atoms in total. The van der Waals surface area contributed by atoms with Crippen molar-refractivity contribution in [2.24, 2.45) is 5.92 Å². The van der Waals surface area contributed by atoms with Crippen LogP contribution in [-0.2, 0) is 9.53 Å². The molecule has 4 heterocycles. The van der Waals surface area contributed by atoms with Crippen molar-refractivity contribution in [1.82, 2.24) is 10.3 Å². The maximum Gasteiger partial charge on any atom is 0.415 e. The number of aromatic nitrogens is 1. The van der Waals surface area contributed by atoms with E-state index < -0.39 is 6.09 Å². The van der Waals surface area contributed by atoms with E-state index in [2.05, 4.69) is 15.6 Å². The number of fused-ring (bicyclic) bond motifs is 2. The van der Waals surface area contributed by atoms with E-state index in [-0.39, 0.29) is 24.5 Å². The van der Waals surface area contributed by atoms with Crippen LogP contribution in [-0.4, -0.2) is 49.3 Å². The monoisotopic (exact) mass is 290 g/mol. The van der Waals surface area contributed by atoms with Crippen molar-refractivity contribution in [3.05, 3.63) is 12.1 Å². The van der Waals surface area contributed by atoms with Crippen LogP contribution >= 0.6 is 0 Å². The highest BCUT2D eigenvalue weighted by Gasteiger charge is 2.39. The Bertz CT molecular complexity index is 620. The van der Waals surface area contributed by atoms with Gasteiger partial charge in [-0.1, -0.05) is 0 Å². The number of nitrogens with one attached hydrogen (secondary N) is 2. The summed E-state index contributed by atoms with van der Waals surface area (Å²) < 4.78 is 10.7. The highest BCUT2D eigenvalue weighted by molar-refractivity contribution is 5.95. The molecule has 3 aliphatic heterocycles. The average molecular weight is 290 g/mol. The molecule has 0 aliphatic carbocycles. The van der Waals surface area contributed by atoms with Gasteiger partial charge in [0.1, 0.15) is 11.9 Å². The highest BCUT2D eigenvalue weighted by Crippen LogP contribution is 2.31. The van der Waals surface area contributed by atoms with Crippen LogP contribution in [0.5, 0.6) is 5.75 Å². The molecule has 8 heteroatoms. The highest BCUT2D eigenvalue weighted by atomic mass is 16.6. The van der Waals surface area contributed by atoms with Gasteiger partial charge < -0.3 is 20.1 Å². The first-order chi connectivity index (χ1) is 10.2. The van der Waals surface area contributed by atoms with E-state index in [0.717, 1.165) is 6.54 Å². The Morgan fingerprint density at radius 3 is 3.10 bits per heavy atom. The van der Waals surface area contributed by atoms with E-state index in [1.807, 2.05) is 0 Å². The number of amides is 2. The van der Waals surface area contributed by atoms with Gasteiger partial charge in [0.2, 0.25) is 0 Å². The largest absolute Gasteiger partial charge is 0.480 e. The SMILES string of the molecule is O=C1COc2ccc(N3C[C@H]4CNC[C@@H]4OC3=O)nc2N1. The van der Waals surface area contributed by atoms with Gasteiger partial charge in [-0.25, -0.2) is 9.78 Å². The van der Waals surface area contributed by atoms with Crippen molar-refractivity contribution >= 4 is 23.6 Å². The number of ether oxygens (including phenoxy) is 2. The molecule has 0 bridgehead atoms. The normalized spacial score (nSPS) is 27.3. The second kappa shape index (κ2) is 4.59. The second-order valence-electron chi connectivity index (χ2n) is 5.30. The quantitative estimate of drug-likeness (QED) is 0.754. The summed E-state index contributed by atoms with van der Waals surface area (Å²) in [5.41, 5.74) is 0. The minimum Gasteiger partial charge on any atom is -0.480 e. The predicted octanol–water partition coefficient (Wildman–Crippen LogP) is -0.0429. The molecule has 4 rings (SSSR count). The van der Waals surface area contributed by atoms with Crippen LogP contribution in [0.3, 0.4) is 0 Å². The van der Waals surface area contributed by atoms with E-state index in [1.165, 1.54) is 4.90 Å². The molecule has 2 atom stereocenters. The van der Waals surface area contributed by atoms with Gasteiger partial charge in [0.25, 0.3) is 5.91 Å². The Hall–Kier alpha value is -2.35. The van der Waals surface area contributed by atoms with Crippen molar-refractivity contribution in [1.29, 1.82) is 0 Å². The molecule has 1 aromatic rings. The third kappa shape index (κ3) is 2.07. The molecule has 2 amide bonds. The number of nitrogens with zero attached hydrogens (tertiary/aromatic N) is 2. The standard InChI is InChI=1S/C13H14N4O4/c18-11-6-20-8-1-2-10(15-12(8)16-11)17-5-7-3-14-4-9(7)21-13(17)19/h1-2,7,9,14H,3-6H2,(H,15,16,18)/t7-,9+/m1/s1. The van der Waals surface area contributed by atoms with Gasteiger partial charge in [-0.05, 0) is 12.1 Å². The summed E-state index contributed by atoms with van der Waals surface area (Å²) in [5.74, 6) is 1.29. The fourth-order valence-corrected chi connectivity index (χ4v) is 2.82. The fraction of sp³-hybridized carbons (Fsp3) is 0.462. The molecule has 21 heavy (non-hydrogen) atoms. The van der Waals surface area contributed by atoms with Gasteiger partial charge in [-0.2, -0.15) is 0 Å². The molecule has 0 spiro atoms. The van der Waals surface area contributed by atoms with Crippen molar-refractivity contribution in [3.8, 4) is 5.75 Å². The molecule has 110 valence electrons. The molecule has 2 fully saturated rings. The summed E-state index contributed by atoms with van der Waals surface area (Å²) in [6.45, 7) is 2.05. The summed E-state index contributed by atoms with van der Waals surface area (Å²) in [6, 6.07) is 3.39. The maximum absolute atomic E-state index is 12.1. The lowest BCUT2D eigenvalue weighted by Gasteiger charge is -2.33. The number of anilines is 2. The minimum absolute atomic E-state index is 0.0186. The van der Waals surface area contributed by atoms with Crippen LogP contribution in [0.4, 0.5) is 16.4 Å². The zero-order chi connectivity index (χ0) is 14.4. The van der Waals surface area contributed by atoms with E-state index in [9.17, 15) is 9.59 Å². The van der Waals surface area contributed by atoms with Crippen LogP contribution in [0, 0.1) is 5.92 Å². The molecule has 0 radical (unpaired) electrons. The molecule has 2 N–H and O–H groups in total. The number of hydrogen-bond donors (Lipinski definition) is 2. The Kier molecular flexibility index (Phi) is 2.71. The van der Waals surface area contributed by atoms with Gasteiger partial charge in [0, 0.05) is 25.6 Å². The number of rotatable bonds is 1. The van der Waals surface area contributed by atoms with E-state index >= 15 is 0 Å². The maximum atomic E-state index is 12.1. The molecule has 0 aromatic carbocycles. The summed E-state index contributed by atoms with van der Waals surface area (Å²) >= 11 is 0. The minimum atomic E-state index is -0.407. The van der Waals surface area contributed by atoms with Crippen LogP contribution < -0.4 is 20.3 Å². The summed E-state index contributed by atoms with van der Waals surface area (Å²) in [7, 11) is 0. The third-order valence-electron chi connectivity index (χ3n) is 3.90. The van der Waals surface area contributed by atoms with Gasteiger partial charge in [0.05, 0.1) is 0 Å². The van der Waals surface area contributed by atoms with Crippen LogP contribution in [0.25, 0.3) is 0 Å². The van der Waals surface area contributed by atoms with Crippen LogP contribution in [0.15, 0.2) is 12.1 Å².